The maximum atomic E-state index is 12.3. The molecule has 0 radical (unpaired) electrons. The smallest absolute Gasteiger partial charge is 0.260 e. The molecule has 1 aliphatic heterocycles. The number of hydrogen-bond donors (Lipinski definition) is 0. The number of nitrogens with zero attached hydrogens (tertiary/aromatic N) is 1. The number of halogens is 1. The lowest BCUT2D eigenvalue weighted by atomic mass is 10.1. The van der Waals surface area contributed by atoms with Crippen LogP contribution >= 0.6 is 11.6 Å². The van der Waals surface area contributed by atoms with Gasteiger partial charge >= 0.3 is 0 Å². The quantitative estimate of drug-likeness (QED) is 0.783. The summed E-state index contributed by atoms with van der Waals surface area (Å²) in [4.78, 5) is 13.7. The summed E-state index contributed by atoms with van der Waals surface area (Å²) in [6.07, 6.45) is 0.469. The van der Waals surface area contributed by atoms with Crippen molar-refractivity contribution < 1.29 is 17.9 Å². The van der Waals surface area contributed by atoms with Crippen molar-refractivity contribution >= 4 is 27.3 Å². The molecule has 26 heavy (non-hydrogen) atoms. The van der Waals surface area contributed by atoms with Crippen molar-refractivity contribution in [3.63, 3.8) is 0 Å². The first-order chi connectivity index (χ1) is 12.4. The number of benzene rings is 2. The Labute approximate surface area is 158 Å². The maximum absolute atomic E-state index is 12.3. The van der Waals surface area contributed by atoms with Gasteiger partial charge < -0.3 is 9.64 Å². The largest absolute Gasteiger partial charge is 0.482 e. The molecule has 0 aliphatic carbocycles. The van der Waals surface area contributed by atoms with Gasteiger partial charge in [-0.3, -0.25) is 4.79 Å². The molecule has 7 heteroatoms. The van der Waals surface area contributed by atoms with Gasteiger partial charge in [0.2, 0.25) is 0 Å². The first-order valence-corrected chi connectivity index (χ1v) is 10.5. The van der Waals surface area contributed by atoms with E-state index < -0.39 is 9.84 Å². The zero-order valence-corrected chi connectivity index (χ0v) is 16.0. The standard InChI is InChI=1S/C19H20ClNO4S/c1-21(16-9-10-26(23,24)13-16)19(22)12-25-18-8-7-15(11-17(18)20)14-5-3-2-4-6-14/h2-8,11,16H,9-10,12-13H2,1H3/t16-/m1/s1. The van der Waals surface area contributed by atoms with Crippen LogP contribution in [0.4, 0.5) is 0 Å². The monoisotopic (exact) mass is 393 g/mol. The van der Waals surface area contributed by atoms with E-state index in [4.69, 9.17) is 16.3 Å². The Morgan fingerprint density at radius 2 is 1.92 bits per heavy atom. The van der Waals surface area contributed by atoms with Crippen molar-refractivity contribution in [1.82, 2.24) is 4.90 Å². The Hall–Kier alpha value is -2.05. The second-order valence-electron chi connectivity index (χ2n) is 6.36. The molecular formula is C19H20ClNO4S. The van der Waals surface area contributed by atoms with Gasteiger partial charge in [-0.25, -0.2) is 8.42 Å². The molecule has 0 bridgehead atoms. The van der Waals surface area contributed by atoms with E-state index in [9.17, 15) is 13.2 Å². The van der Waals surface area contributed by atoms with Gasteiger partial charge in [-0.05, 0) is 29.7 Å². The predicted molar refractivity (Wildman–Crippen MR) is 102 cm³/mol. The summed E-state index contributed by atoms with van der Waals surface area (Å²) in [6.45, 7) is -0.183. The molecule has 138 valence electrons. The van der Waals surface area contributed by atoms with Gasteiger partial charge in [-0.2, -0.15) is 0 Å². The van der Waals surface area contributed by atoms with Crippen molar-refractivity contribution in [3.05, 3.63) is 53.6 Å². The molecule has 0 unspecified atom stereocenters. The van der Waals surface area contributed by atoms with Crippen LogP contribution in [0.25, 0.3) is 11.1 Å². The molecule has 0 saturated carbocycles. The molecule has 1 aliphatic rings. The average molecular weight is 394 g/mol. The fourth-order valence-electron chi connectivity index (χ4n) is 2.95. The number of hydrogen-bond acceptors (Lipinski definition) is 4. The summed E-state index contributed by atoms with van der Waals surface area (Å²) in [5, 5.41) is 0.422. The fraction of sp³-hybridized carbons (Fsp3) is 0.316. The molecule has 1 fully saturated rings. The number of carbonyl (C=O) groups excluding carboxylic acids is 1. The average Bonchev–Trinajstić information content (AvgIpc) is 3.00. The van der Waals surface area contributed by atoms with Crippen LogP contribution < -0.4 is 4.74 Å². The van der Waals surface area contributed by atoms with Gasteiger partial charge in [0.25, 0.3) is 5.91 Å². The van der Waals surface area contributed by atoms with Crippen LogP contribution in [0.1, 0.15) is 6.42 Å². The highest BCUT2D eigenvalue weighted by molar-refractivity contribution is 7.91. The summed E-state index contributed by atoms with van der Waals surface area (Å²) < 4.78 is 28.7. The van der Waals surface area contributed by atoms with Crippen LogP contribution in [0.2, 0.25) is 5.02 Å². The molecule has 1 amide bonds. The van der Waals surface area contributed by atoms with Crippen LogP contribution in [0.3, 0.4) is 0 Å². The lowest BCUT2D eigenvalue weighted by Gasteiger charge is -2.23. The molecular weight excluding hydrogens is 374 g/mol. The highest BCUT2D eigenvalue weighted by Crippen LogP contribution is 2.30. The van der Waals surface area contributed by atoms with Crippen molar-refractivity contribution in [1.29, 1.82) is 0 Å². The predicted octanol–water partition coefficient (Wildman–Crippen LogP) is 3.03. The highest BCUT2D eigenvalue weighted by atomic mass is 35.5. The summed E-state index contributed by atoms with van der Waals surface area (Å²) in [5.41, 5.74) is 2.00. The Morgan fingerprint density at radius 1 is 1.19 bits per heavy atom. The van der Waals surface area contributed by atoms with Gasteiger partial charge in [0.15, 0.2) is 16.4 Å². The van der Waals surface area contributed by atoms with E-state index >= 15 is 0 Å². The van der Waals surface area contributed by atoms with Crippen LogP contribution in [0.15, 0.2) is 48.5 Å². The Morgan fingerprint density at radius 3 is 2.54 bits per heavy atom. The molecule has 1 saturated heterocycles. The highest BCUT2D eigenvalue weighted by Gasteiger charge is 2.32. The summed E-state index contributed by atoms with van der Waals surface area (Å²) >= 11 is 6.28. The molecule has 1 heterocycles. The van der Waals surface area contributed by atoms with E-state index in [2.05, 4.69) is 0 Å². The van der Waals surface area contributed by atoms with Crippen molar-refractivity contribution in [2.45, 2.75) is 12.5 Å². The Kier molecular flexibility index (Phi) is 5.53. The summed E-state index contributed by atoms with van der Waals surface area (Å²) in [5.74, 6) is 0.299. The third-order valence-corrected chi connectivity index (χ3v) is 6.59. The van der Waals surface area contributed by atoms with Gasteiger partial charge in [0, 0.05) is 13.1 Å². The van der Waals surface area contributed by atoms with Gasteiger partial charge in [0.1, 0.15) is 5.75 Å². The molecule has 0 spiro atoms. The second-order valence-corrected chi connectivity index (χ2v) is 9.00. The van der Waals surface area contributed by atoms with Crippen molar-refractivity contribution in [2.75, 3.05) is 25.2 Å². The minimum atomic E-state index is -3.03. The lowest BCUT2D eigenvalue weighted by molar-refractivity contribution is -0.133. The van der Waals surface area contributed by atoms with Gasteiger partial charge in [-0.1, -0.05) is 48.0 Å². The molecule has 5 nitrogen and oxygen atoms in total. The number of ether oxygens (including phenoxy) is 1. The zero-order valence-electron chi connectivity index (χ0n) is 14.4. The first kappa shape index (κ1) is 18.7. The fourth-order valence-corrected chi connectivity index (χ4v) is 4.96. The molecule has 3 rings (SSSR count). The summed E-state index contributed by atoms with van der Waals surface area (Å²) in [6, 6.07) is 14.9. The SMILES string of the molecule is CN(C(=O)COc1ccc(-c2ccccc2)cc1Cl)[C@@H]1CCS(=O)(=O)C1. The minimum absolute atomic E-state index is 0.0156. The van der Waals surface area contributed by atoms with E-state index in [1.807, 2.05) is 36.4 Å². The molecule has 2 aromatic rings. The number of rotatable bonds is 5. The van der Waals surface area contributed by atoms with Crippen LogP contribution in [-0.2, 0) is 14.6 Å². The summed E-state index contributed by atoms with van der Waals surface area (Å²) in [7, 11) is -1.43. The lowest BCUT2D eigenvalue weighted by Crippen LogP contribution is -2.40. The zero-order chi connectivity index (χ0) is 18.7. The van der Waals surface area contributed by atoms with Crippen LogP contribution in [0.5, 0.6) is 5.75 Å². The van der Waals surface area contributed by atoms with Crippen LogP contribution in [0, 0.1) is 0 Å². The van der Waals surface area contributed by atoms with Crippen molar-refractivity contribution in [2.24, 2.45) is 0 Å². The van der Waals surface area contributed by atoms with E-state index in [1.165, 1.54) is 4.90 Å². The maximum Gasteiger partial charge on any atom is 0.260 e. The third kappa shape index (κ3) is 4.37. The Bertz CT molecular complexity index is 899. The number of likely N-dealkylation sites (N-methyl/N-ethyl adjacent to an activating group) is 1. The van der Waals surface area contributed by atoms with E-state index in [0.29, 0.717) is 17.2 Å². The van der Waals surface area contributed by atoms with E-state index in [1.54, 1.807) is 19.2 Å². The minimum Gasteiger partial charge on any atom is -0.482 e. The normalized spacial score (nSPS) is 18.5. The van der Waals surface area contributed by atoms with Gasteiger partial charge in [0.05, 0.1) is 16.5 Å². The molecule has 2 aromatic carbocycles. The van der Waals surface area contributed by atoms with E-state index in [0.717, 1.165) is 11.1 Å². The third-order valence-electron chi connectivity index (χ3n) is 4.54. The molecule has 1 atom stereocenters. The van der Waals surface area contributed by atoms with E-state index in [-0.39, 0.29) is 30.1 Å². The number of carbonyl (C=O) groups is 1. The molecule has 0 aromatic heterocycles. The second kappa shape index (κ2) is 7.68. The first-order valence-electron chi connectivity index (χ1n) is 8.29. The number of sulfone groups is 1. The topological polar surface area (TPSA) is 63.7 Å². The van der Waals surface area contributed by atoms with Crippen molar-refractivity contribution in [3.8, 4) is 16.9 Å². The Balaban J connectivity index is 1.62. The van der Waals surface area contributed by atoms with Gasteiger partial charge in [-0.15, -0.1) is 0 Å². The molecule has 0 N–H and O–H groups in total. The number of amides is 1. The van der Waals surface area contributed by atoms with Crippen LogP contribution in [-0.4, -0.2) is 50.4 Å².